The Labute approximate surface area is 90.9 Å². The fourth-order valence-electron chi connectivity index (χ4n) is 1.91. The molecule has 15 heavy (non-hydrogen) atoms. The van der Waals surface area contributed by atoms with Crippen LogP contribution in [-0.2, 0) is 11.3 Å². The first kappa shape index (κ1) is 10.6. The summed E-state index contributed by atoms with van der Waals surface area (Å²) in [7, 11) is 0. The largest absolute Gasteiger partial charge is 0.379 e. The van der Waals surface area contributed by atoms with Gasteiger partial charge in [0.25, 0.3) is 0 Å². The molecular weight excluding hydrogens is 190 g/mol. The molecule has 0 atom stereocenters. The molecule has 2 heterocycles. The van der Waals surface area contributed by atoms with E-state index in [4.69, 9.17) is 4.74 Å². The molecule has 1 saturated heterocycles. The second-order valence-corrected chi connectivity index (χ2v) is 4.27. The maximum Gasteiger partial charge on any atom is 0.0951 e. The Kier molecular flexibility index (Phi) is 3.38. The van der Waals surface area contributed by atoms with Crippen molar-refractivity contribution in [1.82, 2.24) is 14.5 Å². The van der Waals surface area contributed by atoms with Gasteiger partial charge in [0.05, 0.1) is 25.2 Å². The van der Waals surface area contributed by atoms with Gasteiger partial charge in [0.15, 0.2) is 0 Å². The Bertz CT molecular complexity index is 303. The second kappa shape index (κ2) is 4.77. The van der Waals surface area contributed by atoms with Crippen LogP contribution < -0.4 is 0 Å². The van der Waals surface area contributed by atoms with E-state index in [1.54, 1.807) is 0 Å². The predicted molar refractivity (Wildman–Crippen MR) is 58.7 cm³/mol. The molecule has 84 valence electrons. The molecule has 0 unspecified atom stereocenters. The number of ether oxygens (including phenoxy) is 1. The first-order chi connectivity index (χ1) is 7.27. The number of aromatic nitrogens is 2. The standard InChI is InChI=1S/C11H19N3O/c1-10(2)14-9-12-7-11(14)8-13-3-5-15-6-4-13/h7,9-10H,3-6,8H2,1-2H3. The van der Waals surface area contributed by atoms with Crippen LogP contribution in [0.25, 0.3) is 0 Å². The van der Waals surface area contributed by atoms with Gasteiger partial charge < -0.3 is 9.30 Å². The molecule has 1 aromatic heterocycles. The molecule has 2 rings (SSSR count). The molecule has 1 aliphatic rings. The van der Waals surface area contributed by atoms with Gasteiger partial charge in [-0.3, -0.25) is 4.90 Å². The van der Waals surface area contributed by atoms with Crippen molar-refractivity contribution in [3.8, 4) is 0 Å². The Hall–Kier alpha value is -0.870. The molecular formula is C11H19N3O. The van der Waals surface area contributed by atoms with Gasteiger partial charge in [0, 0.05) is 31.9 Å². The van der Waals surface area contributed by atoms with Crippen LogP contribution in [0.4, 0.5) is 0 Å². The first-order valence-electron chi connectivity index (χ1n) is 5.58. The maximum atomic E-state index is 5.33. The summed E-state index contributed by atoms with van der Waals surface area (Å²) in [5.74, 6) is 0. The van der Waals surface area contributed by atoms with Crippen molar-refractivity contribution in [2.45, 2.75) is 26.4 Å². The molecule has 0 spiro atoms. The van der Waals surface area contributed by atoms with Crippen LogP contribution in [0.3, 0.4) is 0 Å². The lowest BCUT2D eigenvalue weighted by molar-refractivity contribution is 0.0331. The highest BCUT2D eigenvalue weighted by Gasteiger charge is 2.13. The van der Waals surface area contributed by atoms with Crippen molar-refractivity contribution >= 4 is 0 Å². The van der Waals surface area contributed by atoms with E-state index in [0.717, 1.165) is 32.8 Å². The molecule has 0 N–H and O–H groups in total. The van der Waals surface area contributed by atoms with Crippen LogP contribution in [0.2, 0.25) is 0 Å². The second-order valence-electron chi connectivity index (χ2n) is 4.27. The Morgan fingerprint density at radius 3 is 2.80 bits per heavy atom. The molecule has 1 aromatic rings. The van der Waals surface area contributed by atoms with Crippen molar-refractivity contribution in [2.75, 3.05) is 26.3 Å². The van der Waals surface area contributed by atoms with Crippen LogP contribution in [0.5, 0.6) is 0 Å². The van der Waals surface area contributed by atoms with Gasteiger partial charge in [-0.2, -0.15) is 0 Å². The normalized spacial score (nSPS) is 18.6. The van der Waals surface area contributed by atoms with Crippen molar-refractivity contribution in [3.63, 3.8) is 0 Å². The van der Waals surface area contributed by atoms with Crippen molar-refractivity contribution in [2.24, 2.45) is 0 Å². The van der Waals surface area contributed by atoms with E-state index in [1.165, 1.54) is 5.69 Å². The molecule has 1 fully saturated rings. The summed E-state index contributed by atoms with van der Waals surface area (Å²) < 4.78 is 7.56. The number of hydrogen-bond acceptors (Lipinski definition) is 3. The van der Waals surface area contributed by atoms with Gasteiger partial charge >= 0.3 is 0 Å². The Balaban J connectivity index is 1.99. The van der Waals surface area contributed by atoms with Crippen LogP contribution in [0.1, 0.15) is 25.6 Å². The SMILES string of the molecule is CC(C)n1cncc1CN1CCOCC1. The quantitative estimate of drug-likeness (QED) is 0.751. The van der Waals surface area contributed by atoms with Gasteiger partial charge in [-0.1, -0.05) is 0 Å². The van der Waals surface area contributed by atoms with E-state index < -0.39 is 0 Å². The van der Waals surface area contributed by atoms with Crippen LogP contribution in [0, 0.1) is 0 Å². The molecule has 0 bridgehead atoms. The van der Waals surface area contributed by atoms with E-state index in [0.29, 0.717) is 6.04 Å². The number of hydrogen-bond donors (Lipinski definition) is 0. The number of morpholine rings is 1. The Morgan fingerprint density at radius 1 is 1.40 bits per heavy atom. The van der Waals surface area contributed by atoms with Crippen molar-refractivity contribution < 1.29 is 4.74 Å². The third-order valence-electron chi connectivity index (χ3n) is 2.79. The summed E-state index contributed by atoms with van der Waals surface area (Å²) in [5.41, 5.74) is 1.30. The summed E-state index contributed by atoms with van der Waals surface area (Å²) in [5, 5.41) is 0. The van der Waals surface area contributed by atoms with Crippen molar-refractivity contribution in [3.05, 3.63) is 18.2 Å². The number of imidazole rings is 1. The molecule has 0 radical (unpaired) electrons. The third-order valence-corrected chi connectivity index (χ3v) is 2.79. The van der Waals surface area contributed by atoms with Crippen LogP contribution >= 0.6 is 0 Å². The van der Waals surface area contributed by atoms with E-state index in [9.17, 15) is 0 Å². The average molecular weight is 209 g/mol. The molecule has 0 aliphatic carbocycles. The molecule has 4 heteroatoms. The summed E-state index contributed by atoms with van der Waals surface area (Å²) in [6, 6.07) is 0.489. The molecule has 0 saturated carbocycles. The van der Waals surface area contributed by atoms with E-state index in [1.807, 2.05) is 12.5 Å². The summed E-state index contributed by atoms with van der Waals surface area (Å²) in [6.07, 6.45) is 3.88. The molecule has 4 nitrogen and oxygen atoms in total. The highest BCUT2D eigenvalue weighted by atomic mass is 16.5. The van der Waals surface area contributed by atoms with E-state index in [2.05, 4.69) is 28.3 Å². The van der Waals surface area contributed by atoms with Crippen molar-refractivity contribution in [1.29, 1.82) is 0 Å². The highest BCUT2D eigenvalue weighted by molar-refractivity contribution is 4.99. The zero-order valence-corrected chi connectivity index (χ0v) is 9.52. The van der Waals surface area contributed by atoms with E-state index >= 15 is 0 Å². The molecule has 1 aliphatic heterocycles. The third kappa shape index (κ3) is 2.58. The zero-order chi connectivity index (χ0) is 10.7. The fourth-order valence-corrected chi connectivity index (χ4v) is 1.91. The molecule has 0 aromatic carbocycles. The predicted octanol–water partition coefficient (Wildman–Crippen LogP) is 1.30. The highest BCUT2D eigenvalue weighted by Crippen LogP contribution is 2.12. The summed E-state index contributed by atoms with van der Waals surface area (Å²) >= 11 is 0. The van der Waals surface area contributed by atoms with Gasteiger partial charge in [-0.15, -0.1) is 0 Å². The fraction of sp³-hybridized carbons (Fsp3) is 0.727. The lowest BCUT2D eigenvalue weighted by atomic mass is 10.3. The van der Waals surface area contributed by atoms with Crippen LogP contribution in [-0.4, -0.2) is 40.8 Å². The lowest BCUT2D eigenvalue weighted by Gasteiger charge is -2.27. The molecule has 0 amide bonds. The van der Waals surface area contributed by atoms with Gasteiger partial charge in [-0.05, 0) is 13.8 Å². The minimum atomic E-state index is 0.489. The monoisotopic (exact) mass is 209 g/mol. The number of nitrogens with zero attached hydrogens (tertiary/aromatic N) is 3. The smallest absolute Gasteiger partial charge is 0.0951 e. The maximum absolute atomic E-state index is 5.33. The average Bonchev–Trinajstić information content (AvgIpc) is 2.67. The van der Waals surface area contributed by atoms with Crippen LogP contribution in [0.15, 0.2) is 12.5 Å². The minimum Gasteiger partial charge on any atom is -0.379 e. The van der Waals surface area contributed by atoms with E-state index in [-0.39, 0.29) is 0 Å². The first-order valence-corrected chi connectivity index (χ1v) is 5.58. The lowest BCUT2D eigenvalue weighted by Crippen LogP contribution is -2.36. The van der Waals surface area contributed by atoms with Gasteiger partial charge in [0.2, 0.25) is 0 Å². The van der Waals surface area contributed by atoms with Gasteiger partial charge in [0.1, 0.15) is 0 Å². The summed E-state index contributed by atoms with van der Waals surface area (Å²) in [4.78, 5) is 6.63. The van der Waals surface area contributed by atoms with Gasteiger partial charge in [-0.25, -0.2) is 4.98 Å². The summed E-state index contributed by atoms with van der Waals surface area (Å²) in [6.45, 7) is 9.13. The Morgan fingerprint density at radius 2 is 2.13 bits per heavy atom. The zero-order valence-electron chi connectivity index (χ0n) is 9.52. The minimum absolute atomic E-state index is 0.489. The topological polar surface area (TPSA) is 30.3 Å². The number of rotatable bonds is 3.